The molecule has 1 heteroatoms. The fourth-order valence-electron chi connectivity index (χ4n) is 12.6. The molecule has 12 aromatic carbocycles. The zero-order valence-electron chi connectivity index (χ0n) is 36.6. The summed E-state index contributed by atoms with van der Waals surface area (Å²) in [5.41, 5.74) is 16.8. The minimum atomic E-state index is -1.23. The van der Waals surface area contributed by atoms with Gasteiger partial charge >= 0.3 is 0 Å². The molecule has 0 fully saturated rings. The number of rotatable bonds is 2. The van der Waals surface area contributed by atoms with Gasteiger partial charge in [-0.1, -0.05) is 243 Å². The van der Waals surface area contributed by atoms with Gasteiger partial charge in [0.15, 0.2) is 0 Å². The number of aliphatic hydroxyl groups is 1. The summed E-state index contributed by atoms with van der Waals surface area (Å²) in [5.74, 6) is 0. The second-order valence-corrected chi connectivity index (χ2v) is 18.3. The molecule has 0 unspecified atom stereocenters. The maximum atomic E-state index is 12.6. The number of hydrogen-bond acceptors (Lipinski definition) is 1. The molecule has 15 rings (SSSR count). The van der Waals surface area contributed by atoms with E-state index < -0.39 is 5.60 Å². The molecule has 1 spiro atoms. The van der Waals surface area contributed by atoms with Gasteiger partial charge in [-0.15, -0.1) is 0 Å². The topological polar surface area (TPSA) is 20.2 Å². The lowest BCUT2D eigenvalue weighted by molar-refractivity contribution is 0.131. The van der Waals surface area contributed by atoms with E-state index in [1.54, 1.807) is 0 Å². The molecule has 0 heterocycles. The van der Waals surface area contributed by atoms with Crippen molar-refractivity contribution in [1.29, 1.82) is 0 Å². The Labute approximate surface area is 389 Å². The first kappa shape index (κ1) is 38.0. The van der Waals surface area contributed by atoms with Crippen LogP contribution < -0.4 is 0 Å². The largest absolute Gasteiger partial charge is 0.376 e. The van der Waals surface area contributed by atoms with E-state index in [1.807, 2.05) is 30.3 Å². The molecule has 1 N–H and O–H groups in total. The van der Waals surface area contributed by atoms with Crippen LogP contribution in [-0.2, 0) is 11.0 Å². The fourth-order valence-corrected chi connectivity index (χ4v) is 12.6. The van der Waals surface area contributed by atoms with Crippen LogP contribution in [0.25, 0.3) is 87.6 Å². The maximum Gasteiger partial charge on any atom is 0.142 e. The molecular formula is C66H42O. The molecule has 3 aliphatic carbocycles. The van der Waals surface area contributed by atoms with Crippen molar-refractivity contribution in [1.82, 2.24) is 0 Å². The molecule has 0 saturated carbocycles. The van der Waals surface area contributed by atoms with Crippen LogP contribution in [0.5, 0.6) is 0 Å². The van der Waals surface area contributed by atoms with Crippen LogP contribution in [0.15, 0.2) is 249 Å². The summed E-state index contributed by atoms with van der Waals surface area (Å²) in [6, 6.07) is 89.3. The molecule has 0 saturated heterocycles. The predicted molar refractivity (Wildman–Crippen MR) is 279 cm³/mol. The summed E-state index contributed by atoms with van der Waals surface area (Å²) in [6.45, 7) is 0. The maximum absolute atomic E-state index is 12.6. The summed E-state index contributed by atoms with van der Waals surface area (Å²) in [6.07, 6.45) is 0. The van der Waals surface area contributed by atoms with Crippen LogP contribution in [0.1, 0.15) is 38.9 Å². The lowest BCUT2D eigenvalue weighted by Gasteiger charge is -2.31. The normalized spacial score (nSPS) is 14.0. The second-order valence-electron chi connectivity index (χ2n) is 18.3. The molecule has 0 amide bonds. The fraction of sp³-hybridized carbons (Fsp3) is 0.0303. The third-order valence-electron chi connectivity index (χ3n) is 15.2. The van der Waals surface area contributed by atoms with Gasteiger partial charge in [0.25, 0.3) is 0 Å². The van der Waals surface area contributed by atoms with E-state index in [0.29, 0.717) is 0 Å². The Hall–Kier alpha value is -8.36. The van der Waals surface area contributed by atoms with Crippen molar-refractivity contribution in [2.75, 3.05) is 0 Å². The molecule has 0 aromatic heterocycles. The van der Waals surface area contributed by atoms with Gasteiger partial charge in [0.1, 0.15) is 5.60 Å². The average Bonchev–Trinajstić information content (AvgIpc) is 3.99. The minimum Gasteiger partial charge on any atom is -0.376 e. The van der Waals surface area contributed by atoms with Gasteiger partial charge in [-0.2, -0.15) is 0 Å². The highest BCUT2D eigenvalue weighted by Gasteiger charge is 2.53. The van der Waals surface area contributed by atoms with Crippen molar-refractivity contribution < 1.29 is 5.11 Å². The van der Waals surface area contributed by atoms with Crippen molar-refractivity contribution in [3.05, 3.63) is 288 Å². The Bertz CT molecular complexity index is 3930. The van der Waals surface area contributed by atoms with Gasteiger partial charge < -0.3 is 5.11 Å². The highest BCUT2D eigenvalue weighted by atomic mass is 16.3. The van der Waals surface area contributed by atoms with Gasteiger partial charge in [-0.25, -0.2) is 0 Å². The van der Waals surface area contributed by atoms with Crippen LogP contribution in [-0.4, -0.2) is 5.11 Å². The molecule has 3 aliphatic rings. The first-order chi connectivity index (χ1) is 33.2. The second kappa shape index (κ2) is 14.3. The summed E-state index contributed by atoms with van der Waals surface area (Å²) in [7, 11) is 0. The highest BCUT2D eigenvalue weighted by Crippen LogP contribution is 2.65. The molecule has 1 nitrogen and oxygen atoms in total. The van der Waals surface area contributed by atoms with Crippen LogP contribution in [0.4, 0.5) is 0 Å². The Balaban J connectivity index is 0.000000127. The SMILES string of the molecule is OC1(c2ccccc2-c2cc3ccccc3c3ccccc23)c2ccccc2-c2ccccc21.c1ccc2c(c1)-c1ccccc1C21c2ccccc2-c2c1c1ccccc1c1ccccc21. The zero-order valence-corrected chi connectivity index (χ0v) is 36.6. The van der Waals surface area contributed by atoms with E-state index in [9.17, 15) is 5.11 Å². The van der Waals surface area contributed by atoms with E-state index in [2.05, 4.69) is 218 Å². The zero-order chi connectivity index (χ0) is 44.3. The van der Waals surface area contributed by atoms with Gasteiger partial charge in [0.05, 0.1) is 5.41 Å². The van der Waals surface area contributed by atoms with E-state index in [4.69, 9.17) is 0 Å². The molecular weight excluding hydrogens is 809 g/mol. The van der Waals surface area contributed by atoms with Crippen molar-refractivity contribution in [2.45, 2.75) is 11.0 Å². The Morgan fingerprint density at radius 1 is 0.239 bits per heavy atom. The number of hydrogen-bond donors (Lipinski definition) is 1. The van der Waals surface area contributed by atoms with Crippen LogP contribution >= 0.6 is 0 Å². The smallest absolute Gasteiger partial charge is 0.142 e. The van der Waals surface area contributed by atoms with Crippen molar-refractivity contribution in [3.63, 3.8) is 0 Å². The van der Waals surface area contributed by atoms with Gasteiger partial charge in [-0.3, -0.25) is 0 Å². The first-order valence-electron chi connectivity index (χ1n) is 23.3. The van der Waals surface area contributed by atoms with Crippen molar-refractivity contribution >= 4 is 43.1 Å². The standard InChI is InChI=1S/C33H22O.C33H20/c34-33(30-18-8-5-15-26(30)27-16-6-9-19-31(27)33)32-20-10-7-17-28(32)29-21-22-11-1-2-12-23(22)24-13-3-4-14-25(24)29;1-3-15-25-21(11-1)22-12-2-4-16-26(22)32-31(25)27-17-7-10-20-30(27)33(32)28-18-8-5-13-23(28)24-14-6-9-19-29(24)33/h1-21,34H;1-20H. The predicted octanol–water partition coefficient (Wildman–Crippen LogP) is 16.3. The molecule has 0 aliphatic heterocycles. The Morgan fingerprint density at radius 2 is 0.552 bits per heavy atom. The first-order valence-corrected chi connectivity index (χ1v) is 23.3. The molecule has 67 heavy (non-hydrogen) atoms. The van der Waals surface area contributed by atoms with E-state index in [0.717, 1.165) is 38.9 Å². The molecule has 0 bridgehead atoms. The van der Waals surface area contributed by atoms with E-state index in [-0.39, 0.29) is 5.41 Å². The quantitative estimate of drug-likeness (QED) is 0.172. The third kappa shape index (κ3) is 5.07. The van der Waals surface area contributed by atoms with Crippen molar-refractivity contribution in [3.8, 4) is 44.5 Å². The van der Waals surface area contributed by atoms with Crippen LogP contribution in [0.2, 0.25) is 0 Å². The summed E-state index contributed by atoms with van der Waals surface area (Å²) >= 11 is 0. The van der Waals surface area contributed by atoms with Crippen molar-refractivity contribution in [2.24, 2.45) is 0 Å². The Kier molecular flexibility index (Phi) is 8.11. The van der Waals surface area contributed by atoms with Crippen LogP contribution in [0, 0.1) is 0 Å². The van der Waals surface area contributed by atoms with Gasteiger partial charge in [-0.05, 0) is 116 Å². The van der Waals surface area contributed by atoms with Gasteiger partial charge in [0, 0.05) is 16.7 Å². The average molecular weight is 851 g/mol. The van der Waals surface area contributed by atoms with E-state index >= 15 is 0 Å². The number of fused-ring (bicyclic) bond motifs is 21. The summed E-state index contributed by atoms with van der Waals surface area (Å²) in [5, 5.41) is 22.8. The lowest BCUT2D eigenvalue weighted by atomic mass is 9.69. The highest BCUT2D eigenvalue weighted by molar-refractivity contribution is 6.20. The third-order valence-corrected chi connectivity index (χ3v) is 15.2. The van der Waals surface area contributed by atoms with E-state index in [1.165, 1.54) is 87.6 Å². The van der Waals surface area contributed by atoms with Crippen LogP contribution in [0.3, 0.4) is 0 Å². The molecule has 0 radical (unpaired) electrons. The number of benzene rings is 12. The minimum absolute atomic E-state index is 0.303. The molecule has 312 valence electrons. The summed E-state index contributed by atoms with van der Waals surface area (Å²) < 4.78 is 0. The lowest BCUT2D eigenvalue weighted by Crippen LogP contribution is -2.27. The molecule has 0 atom stereocenters. The Morgan fingerprint density at radius 3 is 1.07 bits per heavy atom. The monoisotopic (exact) mass is 850 g/mol. The van der Waals surface area contributed by atoms with Gasteiger partial charge in [0.2, 0.25) is 0 Å². The summed E-state index contributed by atoms with van der Waals surface area (Å²) in [4.78, 5) is 0. The molecule has 12 aromatic rings.